The van der Waals surface area contributed by atoms with Crippen LogP contribution in [-0.2, 0) is 9.84 Å². The summed E-state index contributed by atoms with van der Waals surface area (Å²) in [5, 5.41) is 11.2. The van der Waals surface area contributed by atoms with Gasteiger partial charge in [0.15, 0.2) is 9.84 Å². The molecule has 27 heavy (non-hydrogen) atoms. The third-order valence-corrected chi connectivity index (χ3v) is 5.06. The van der Waals surface area contributed by atoms with Crippen molar-refractivity contribution in [1.29, 1.82) is 0 Å². The Kier molecular flexibility index (Phi) is 4.66. The van der Waals surface area contributed by atoms with E-state index in [1.807, 2.05) is 0 Å². The zero-order chi connectivity index (χ0) is 19.8. The number of pyridine rings is 1. The van der Waals surface area contributed by atoms with Gasteiger partial charge in [-0.3, -0.25) is 14.3 Å². The number of rotatable bonds is 4. The SMILES string of the molecule is C[C@H](NC(=O)O)c1nc2cccc(S(C)(=O)=O)c2c(=O)n1-c1cccnc1. The minimum Gasteiger partial charge on any atom is -0.465 e. The van der Waals surface area contributed by atoms with Gasteiger partial charge >= 0.3 is 6.09 Å². The summed E-state index contributed by atoms with van der Waals surface area (Å²) >= 11 is 0. The van der Waals surface area contributed by atoms with E-state index in [0.717, 1.165) is 6.26 Å². The van der Waals surface area contributed by atoms with Gasteiger partial charge in [-0.2, -0.15) is 0 Å². The quantitative estimate of drug-likeness (QED) is 0.692. The van der Waals surface area contributed by atoms with Gasteiger partial charge in [0.2, 0.25) is 0 Å². The number of hydrogen-bond donors (Lipinski definition) is 2. The number of carbonyl (C=O) groups is 1. The predicted molar refractivity (Wildman–Crippen MR) is 97.8 cm³/mol. The average Bonchev–Trinajstić information content (AvgIpc) is 2.60. The van der Waals surface area contributed by atoms with Gasteiger partial charge < -0.3 is 10.4 Å². The third kappa shape index (κ3) is 3.51. The van der Waals surface area contributed by atoms with Crippen LogP contribution in [-0.4, -0.2) is 40.4 Å². The van der Waals surface area contributed by atoms with Crippen molar-refractivity contribution >= 4 is 26.8 Å². The molecule has 2 N–H and O–H groups in total. The minimum atomic E-state index is -3.68. The van der Waals surface area contributed by atoms with Crippen LogP contribution in [0.2, 0.25) is 0 Å². The molecule has 0 saturated heterocycles. The molecule has 1 aromatic carbocycles. The number of sulfone groups is 1. The van der Waals surface area contributed by atoms with Gasteiger partial charge in [0.1, 0.15) is 5.82 Å². The summed E-state index contributed by atoms with van der Waals surface area (Å²) in [7, 11) is -3.68. The van der Waals surface area contributed by atoms with E-state index >= 15 is 0 Å². The number of nitrogens with zero attached hydrogens (tertiary/aromatic N) is 3. The molecule has 2 heterocycles. The summed E-state index contributed by atoms with van der Waals surface area (Å²) in [6.07, 6.45) is 2.66. The number of benzene rings is 1. The number of nitrogens with one attached hydrogen (secondary N) is 1. The molecule has 0 bridgehead atoms. The normalized spacial score (nSPS) is 12.7. The Labute approximate surface area is 154 Å². The molecule has 0 fully saturated rings. The summed E-state index contributed by atoms with van der Waals surface area (Å²) in [4.78, 5) is 32.5. The van der Waals surface area contributed by atoms with Crippen LogP contribution in [0.5, 0.6) is 0 Å². The molecule has 3 rings (SSSR count). The van der Waals surface area contributed by atoms with E-state index in [1.165, 1.54) is 42.1 Å². The van der Waals surface area contributed by atoms with E-state index in [0.29, 0.717) is 5.69 Å². The molecule has 9 nitrogen and oxygen atoms in total. The molecule has 1 amide bonds. The topological polar surface area (TPSA) is 131 Å². The summed E-state index contributed by atoms with van der Waals surface area (Å²) in [5.41, 5.74) is -0.116. The summed E-state index contributed by atoms with van der Waals surface area (Å²) in [5.74, 6) is 0.119. The second kappa shape index (κ2) is 6.80. The van der Waals surface area contributed by atoms with Crippen LogP contribution in [0, 0.1) is 0 Å². The molecule has 1 atom stereocenters. The Bertz CT molecular complexity index is 1190. The fourth-order valence-corrected chi connectivity index (χ4v) is 3.69. The number of amides is 1. The molecule has 0 aliphatic carbocycles. The van der Waals surface area contributed by atoms with Crippen molar-refractivity contribution in [3.63, 3.8) is 0 Å². The van der Waals surface area contributed by atoms with Gasteiger partial charge in [-0.1, -0.05) is 6.07 Å². The van der Waals surface area contributed by atoms with Crippen LogP contribution in [0.3, 0.4) is 0 Å². The van der Waals surface area contributed by atoms with Crippen LogP contribution in [0.15, 0.2) is 52.4 Å². The third-order valence-electron chi connectivity index (χ3n) is 3.92. The van der Waals surface area contributed by atoms with Crippen LogP contribution in [0.25, 0.3) is 16.6 Å². The number of aromatic nitrogens is 3. The monoisotopic (exact) mass is 388 g/mol. The Morgan fingerprint density at radius 3 is 2.59 bits per heavy atom. The standard InChI is InChI=1S/C17H16N4O5S/c1-10(19-17(23)24)15-20-12-6-3-7-13(27(2,25)26)14(12)16(22)21(15)11-5-4-8-18-9-11/h3-10,19H,1-2H3,(H,23,24)/t10-/m0/s1. The zero-order valence-electron chi connectivity index (χ0n) is 14.4. The van der Waals surface area contributed by atoms with Gasteiger partial charge in [0.05, 0.1) is 33.7 Å². The molecule has 0 spiro atoms. The lowest BCUT2D eigenvalue weighted by molar-refractivity contribution is 0.190. The molecule has 140 valence electrons. The Hall–Kier alpha value is -3.27. The highest BCUT2D eigenvalue weighted by atomic mass is 32.2. The van der Waals surface area contributed by atoms with Gasteiger partial charge in [0.25, 0.3) is 5.56 Å². The first-order chi connectivity index (χ1) is 12.7. The van der Waals surface area contributed by atoms with Crippen molar-refractivity contribution < 1.29 is 18.3 Å². The molecule has 3 aromatic rings. The maximum Gasteiger partial charge on any atom is 0.405 e. The molecular formula is C17H16N4O5S. The summed E-state index contributed by atoms with van der Waals surface area (Å²) in [6.45, 7) is 1.54. The highest BCUT2D eigenvalue weighted by Gasteiger charge is 2.23. The van der Waals surface area contributed by atoms with E-state index < -0.39 is 27.5 Å². The molecule has 0 unspecified atom stereocenters. The number of fused-ring (bicyclic) bond motifs is 1. The molecule has 0 aliphatic heterocycles. The van der Waals surface area contributed by atoms with Crippen molar-refractivity contribution in [3.05, 3.63) is 58.9 Å². The Balaban J connectivity index is 2.45. The van der Waals surface area contributed by atoms with Gasteiger partial charge in [-0.05, 0) is 31.2 Å². The first-order valence-corrected chi connectivity index (χ1v) is 9.75. The maximum atomic E-state index is 13.3. The maximum absolute atomic E-state index is 13.3. The molecule has 2 aromatic heterocycles. The summed E-state index contributed by atoms with van der Waals surface area (Å²) in [6, 6.07) is 6.71. The lowest BCUT2D eigenvalue weighted by Crippen LogP contribution is -2.32. The van der Waals surface area contributed by atoms with Crippen LogP contribution >= 0.6 is 0 Å². The van der Waals surface area contributed by atoms with Crippen molar-refractivity contribution in [2.24, 2.45) is 0 Å². The lowest BCUT2D eigenvalue weighted by atomic mass is 10.2. The van der Waals surface area contributed by atoms with Crippen molar-refractivity contribution in [1.82, 2.24) is 19.9 Å². The second-order valence-corrected chi connectivity index (χ2v) is 7.90. The largest absolute Gasteiger partial charge is 0.465 e. The van der Waals surface area contributed by atoms with Crippen molar-refractivity contribution in [3.8, 4) is 5.69 Å². The first kappa shape index (κ1) is 18.5. The fourth-order valence-electron chi connectivity index (χ4n) is 2.80. The highest BCUT2D eigenvalue weighted by Crippen LogP contribution is 2.22. The molecule has 0 radical (unpaired) electrons. The van der Waals surface area contributed by atoms with E-state index in [-0.39, 0.29) is 21.6 Å². The lowest BCUT2D eigenvalue weighted by Gasteiger charge is -2.19. The minimum absolute atomic E-state index is 0.0601. The van der Waals surface area contributed by atoms with E-state index in [1.54, 1.807) is 12.1 Å². The van der Waals surface area contributed by atoms with E-state index in [4.69, 9.17) is 5.11 Å². The van der Waals surface area contributed by atoms with Gasteiger partial charge in [0, 0.05) is 12.5 Å². The molecule has 0 saturated carbocycles. The summed E-state index contributed by atoms with van der Waals surface area (Å²) < 4.78 is 25.4. The smallest absolute Gasteiger partial charge is 0.405 e. The zero-order valence-corrected chi connectivity index (χ0v) is 15.3. The second-order valence-electron chi connectivity index (χ2n) is 5.92. The number of carboxylic acid groups (broad SMARTS) is 1. The van der Waals surface area contributed by atoms with Gasteiger partial charge in [-0.25, -0.2) is 18.2 Å². The Morgan fingerprint density at radius 1 is 1.26 bits per heavy atom. The fraction of sp³-hybridized carbons (Fsp3) is 0.176. The van der Waals surface area contributed by atoms with Crippen molar-refractivity contribution in [2.75, 3.05) is 6.26 Å². The van der Waals surface area contributed by atoms with Gasteiger partial charge in [-0.15, -0.1) is 0 Å². The Morgan fingerprint density at radius 2 is 2.00 bits per heavy atom. The van der Waals surface area contributed by atoms with Crippen LogP contribution < -0.4 is 10.9 Å². The van der Waals surface area contributed by atoms with E-state index in [9.17, 15) is 18.0 Å². The van der Waals surface area contributed by atoms with Crippen molar-refractivity contribution in [2.45, 2.75) is 17.9 Å². The van der Waals surface area contributed by atoms with Crippen LogP contribution in [0.1, 0.15) is 18.8 Å². The highest BCUT2D eigenvalue weighted by molar-refractivity contribution is 7.91. The molecule has 10 heteroatoms. The van der Waals surface area contributed by atoms with Crippen LogP contribution in [0.4, 0.5) is 4.79 Å². The average molecular weight is 388 g/mol. The number of hydrogen-bond acceptors (Lipinski definition) is 6. The van der Waals surface area contributed by atoms with E-state index in [2.05, 4.69) is 15.3 Å². The molecule has 0 aliphatic rings. The first-order valence-electron chi connectivity index (χ1n) is 7.85. The molecular weight excluding hydrogens is 372 g/mol. The predicted octanol–water partition coefficient (Wildman–Crippen LogP) is 1.51.